The van der Waals surface area contributed by atoms with E-state index < -0.39 is 70.6 Å². The van der Waals surface area contributed by atoms with Crippen LogP contribution in [0.5, 0.6) is 0 Å². The van der Waals surface area contributed by atoms with Crippen LogP contribution in [-0.2, 0) is 24.6 Å². The summed E-state index contributed by atoms with van der Waals surface area (Å²) >= 11 is 7.51. The van der Waals surface area contributed by atoms with Crippen molar-refractivity contribution in [2.45, 2.75) is 78.0 Å². The van der Waals surface area contributed by atoms with E-state index in [1.807, 2.05) is 83.6 Å². The quantitative estimate of drug-likeness (QED) is 0.0803. The van der Waals surface area contributed by atoms with Crippen LogP contribution in [0.15, 0.2) is 136 Å². The summed E-state index contributed by atoms with van der Waals surface area (Å²) in [6.45, 7) is 8.78. The van der Waals surface area contributed by atoms with E-state index in [0.29, 0.717) is 81.9 Å². The fraction of sp³-hybridized carbons (Fsp3) is 0.373. The highest BCUT2D eigenvalue weighted by molar-refractivity contribution is 7.99. The van der Waals surface area contributed by atoms with E-state index in [1.54, 1.807) is 37.8 Å². The molecule has 2 atom stereocenters. The fourth-order valence-electron chi connectivity index (χ4n) is 8.52. The molecule has 2 heterocycles. The summed E-state index contributed by atoms with van der Waals surface area (Å²) in [4.78, 5) is 30.5. The average molecular weight is 1060 g/mol. The molecule has 3 N–H and O–H groups in total. The van der Waals surface area contributed by atoms with Crippen molar-refractivity contribution in [2.24, 2.45) is 5.92 Å². The Morgan fingerprint density at radius 2 is 1.45 bits per heavy atom. The number of aliphatic hydroxyl groups excluding tert-OH is 1. The number of carbonyl (C=O) groups is 2. The number of hydrogen-bond donors (Lipinski definition) is 3. The Kier molecular flexibility index (Phi) is 17.0. The number of rotatable bonds is 16. The van der Waals surface area contributed by atoms with Gasteiger partial charge < -0.3 is 25.0 Å². The highest BCUT2D eigenvalue weighted by atomic mass is 35.5. The highest BCUT2D eigenvalue weighted by Gasteiger charge is 2.48. The van der Waals surface area contributed by atoms with Crippen LogP contribution in [0.1, 0.15) is 62.1 Å². The lowest BCUT2D eigenvalue weighted by Gasteiger charge is -2.36. The average Bonchev–Trinajstić information content (AvgIpc) is 3.34. The number of piperazine rings is 1. The van der Waals surface area contributed by atoms with E-state index in [1.165, 1.54) is 23.9 Å². The predicted molar refractivity (Wildman–Crippen MR) is 271 cm³/mol. The van der Waals surface area contributed by atoms with Gasteiger partial charge in [-0.05, 0) is 129 Å². The van der Waals surface area contributed by atoms with E-state index in [4.69, 9.17) is 16.3 Å². The SMILES string of the molecule is CC(C)(C)OC(=O)N1CCN(CC[C@H](CSc2ccccc2)Nc2ccc(S(=O)(=O)NC(=O)c3ccc(N4CCC([C@H](O)c5ccccc5-c5ccc(Cl)cc5)CC4)cc3)cc2S(=O)(=O)C(F)(F)F)CC1. The highest BCUT2D eigenvalue weighted by Crippen LogP contribution is 2.39. The van der Waals surface area contributed by atoms with Crippen molar-refractivity contribution >= 4 is 66.6 Å². The Hall–Kier alpha value is -5.31. The number of halogens is 4. The van der Waals surface area contributed by atoms with E-state index in [0.717, 1.165) is 39.4 Å². The number of piperidine rings is 1. The molecule has 2 fully saturated rings. The van der Waals surface area contributed by atoms with Gasteiger partial charge in [0.2, 0.25) is 0 Å². The number of anilines is 2. The smallest absolute Gasteiger partial charge is 0.444 e. The van der Waals surface area contributed by atoms with Gasteiger partial charge in [-0.3, -0.25) is 9.69 Å². The van der Waals surface area contributed by atoms with Crippen molar-refractivity contribution in [2.75, 3.05) is 61.8 Å². The second-order valence-electron chi connectivity index (χ2n) is 18.5. The summed E-state index contributed by atoms with van der Waals surface area (Å²) in [7, 11) is -11.0. The largest absolute Gasteiger partial charge is 0.501 e. The van der Waals surface area contributed by atoms with Crippen LogP contribution in [0.25, 0.3) is 11.1 Å². The van der Waals surface area contributed by atoms with Crippen LogP contribution >= 0.6 is 23.4 Å². The van der Waals surface area contributed by atoms with Gasteiger partial charge in [-0.2, -0.15) is 13.2 Å². The predicted octanol–water partition coefficient (Wildman–Crippen LogP) is 9.88. The maximum absolute atomic E-state index is 14.3. The van der Waals surface area contributed by atoms with Crippen molar-refractivity contribution in [3.63, 3.8) is 0 Å². The van der Waals surface area contributed by atoms with Crippen LogP contribution in [0.4, 0.5) is 29.3 Å². The Balaban J connectivity index is 1.02. The number of alkyl halides is 3. The molecular weight excluding hydrogens is 999 g/mol. The molecule has 0 bridgehead atoms. The van der Waals surface area contributed by atoms with E-state index in [2.05, 4.69) is 15.1 Å². The lowest BCUT2D eigenvalue weighted by atomic mass is 9.84. The number of nitrogens with one attached hydrogen (secondary N) is 2. The van der Waals surface area contributed by atoms with Crippen LogP contribution in [-0.4, -0.2) is 112 Å². The molecule has 2 aliphatic heterocycles. The van der Waals surface area contributed by atoms with Crippen LogP contribution < -0.4 is 14.9 Å². The van der Waals surface area contributed by atoms with Crippen molar-refractivity contribution in [3.8, 4) is 11.1 Å². The van der Waals surface area contributed by atoms with Gasteiger partial charge in [0.05, 0.1) is 16.7 Å². The standard InChI is InChI=1S/C51H57ClF3N5O8S3/c1-50(2,3)68-49(63)60-31-29-58(30-32-60)26-25-39(34-69-41-9-5-4-6-10-41)56-45-22-21-42(33-46(45)70(64,65)51(53,54)55)71(66,67)57-48(62)37-15-19-40(20-16-37)59-27-23-36(24-28-59)47(61)44-12-8-7-11-43(44)35-13-17-38(52)18-14-35/h4-22,33,36,39,47,56,61H,23-32,34H2,1-3H3,(H,57,62)/t39-,47+/m1/s1. The molecule has 380 valence electrons. The van der Waals surface area contributed by atoms with Gasteiger partial charge >= 0.3 is 11.6 Å². The Bertz CT molecular complexity index is 2860. The van der Waals surface area contributed by atoms with Gasteiger partial charge in [0.15, 0.2) is 0 Å². The summed E-state index contributed by atoms with van der Waals surface area (Å²) in [5, 5.41) is 15.1. The van der Waals surface area contributed by atoms with Gasteiger partial charge in [-0.1, -0.05) is 66.2 Å². The maximum atomic E-state index is 14.3. The molecule has 0 saturated carbocycles. The van der Waals surface area contributed by atoms with Gasteiger partial charge in [0.1, 0.15) is 10.5 Å². The van der Waals surface area contributed by atoms with E-state index in [9.17, 15) is 44.7 Å². The first-order chi connectivity index (χ1) is 33.6. The minimum atomic E-state index is -6.13. The van der Waals surface area contributed by atoms with Gasteiger partial charge in [-0.25, -0.2) is 26.4 Å². The monoisotopic (exact) mass is 1060 g/mol. The zero-order valence-electron chi connectivity index (χ0n) is 39.4. The van der Waals surface area contributed by atoms with Crippen LogP contribution in [0, 0.1) is 5.92 Å². The molecule has 0 spiro atoms. The first-order valence-electron chi connectivity index (χ1n) is 23.1. The molecule has 13 nitrogen and oxygen atoms in total. The van der Waals surface area contributed by atoms with Crippen molar-refractivity contribution in [1.82, 2.24) is 14.5 Å². The molecule has 20 heteroatoms. The third-order valence-electron chi connectivity index (χ3n) is 12.4. The molecule has 5 aromatic rings. The van der Waals surface area contributed by atoms with Crippen LogP contribution in [0.2, 0.25) is 5.02 Å². The molecule has 0 aromatic heterocycles. The number of aliphatic hydroxyl groups is 1. The number of sulfone groups is 1. The normalized spacial score (nSPS) is 16.3. The summed E-state index contributed by atoms with van der Waals surface area (Å²) < 4.78 is 104. The van der Waals surface area contributed by atoms with Crippen molar-refractivity contribution in [1.29, 1.82) is 0 Å². The molecular formula is C51H57ClF3N5O8S3. The third-order valence-corrected chi connectivity index (χ3v) is 16.7. The minimum absolute atomic E-state index is 0.0297. The lowest BCUT2D eigenvalue weighted by molar-refractivity contribution is -0.0436. The summed E-state index contributed by atoms with van der Waals surface area (Å²) in [5.41, 5.74) is -3.53. The van der Waals surface area contributed by atoms with Crippen LogP contribution in [0.3, 0.4) is 0 Å². The molecule has 0 aliphatic carbocycles. The van der Waals surface area contributed by atoms with Gasteiger partial charge in [0.25, 0.3) is 25.8 Å². The van der Waals surface area contributed by atoms with Crippen molar-refractivity contribution in [3.05, 3.63) is 137 Å². The Morgan fingerprint density at radius 3 is 2.08 bits per heavy atom. The first kappa shape index (κ1) is 53.5. The lowest BCUT2D eigenvalue weighted by Crippen LogP contribution is -2.50. The molecule has 2 saturated heterocycles. The molecule has 5 aromatic carbocycles. The number of amides is 2. The summed E-state index contributed by atoms with van der Waals surface area (Å²) in [5.74, 6) is -0.812. The number of ether oxygens (including phenoxy) is 1. The molecule has 7 rings (SSSR count). The zero-order valence-corrected chi connectivity index (χ0v) is 42.6. The number of hydrogen-bond acceptors (Lipinski definition) is 12. The fourth-order valence-corrected chi connectivity index (χ4v) is 11.7. The number of carbonyl (C=O) groups excluding carboxylic acids is 2. The first-order valence-corrected chi connectivity index (χ1v) is 27.5. The number of thioether (sulfide) groups is 1. The summed E-state index contributed by atoms with van der Waals surface area (Å²) in [6, 6.07) is 32.3. The van der Waals surface area contributed by atoms with Gasteiger partial charge in [0, 0.05) is 78.8 Å². The zero-order chi connectivity index (χ0) is 51.1. The Morgan fingerprint density at radius 1 is 0.817 bits per heavy atom. The maximum Gasteiger partial charge on any atom is 0.501 e. The second-order valence-corrected chi connectivity index (χ2v) is 23.6. The number of benzene rings is 5. The number of sulfonamides is 1. The molecule has 0 unspecified atom stereocenters. The summed E-state index contributed by atoms with van der Waals surface area (Å²) in [6.07, 6.45) is 0.535. The molecule has 0 radical (unpaired) electrons. The topological polar surface area (TPSA) is 166 Å². The number of nitrogens with zero attached hydrogens (tertiary/aromatic N) is 3. The van der Waals surface area contributed by atoms with E-state index >= 15 is 0 Å². The van der Waals surface area contributed by atoms with Gasteiger partial charge in [-0.15, -0.1) is 11.8 Å². The van der Waals surface area contributed by atoms with Crippen molar-refractivity contribution < 1.29 is 49.4 Å². The Labute approximate surface area is 422 Å². The van der Waals surface area contributed by atoms with E-state index in [-0.39, 0.29) is 11.5 Å². The second kappa shape index (κ2) is 22.6. The molecule has 2 aliphatic rings. The molecule has 2 amide bonds. The third kappa shape index (κ3) is 13.8. The minimum Gasteiger partial charge on any atom is -0.444 e. The molecule has 71 heavy (non-hydrogen) atoms.